The summed E-state index contributed by atoms with van der Waals surface area (Å²) in [5.41, 5.74) is 0.985. The molecule has 1 heterocycles. The second-order valence-electron chi connectivity index (χ2n) is 4.18. The number of hydrogen-bond donors (Lipinski definition) is 1. The molecule has 1 N–H and O–H groups in total. The highest BCUT2D eigenvalue weighted by atomic mass is 16.3. The van der Waals surface area contributed by atoms with Gasteiger partial charge in [-0.15, -0.1) is 0 Å². The molecule has 0 bridgehead atoms. The Morgan fingerprint density at radius 3 is 2.86 bits per heavy atom. The number of aromatic hydroxyl groups is 1. The third kappa shape index (κ3) is 1.84. The van der Waals surface area contributed by atoms with E-state index < -0.39 is 0 Å². The van der Waals surface area contributed by atoms with Crippen molar-refractivity contribution < 1.29 is 5.11 Å². The van der Waals surface area contributed by atoms with Gasteiger partial charge in [-0.1, -0.05) is 19.1 Å². The molecule has 0 aromatic heterocycles. The van der Waals surface area contributed by atoms with Crippen molar-refractivity contribution in [3.8, 4) is 5.75 Å². The number of phenolic OH excluding ortho intramolecular Hbond substituents is 1. The van der Waals surface area contributed by atoms with E-state index in [4.69, 9.17) is 0 Å². The second-order valence-corrected chi connectivity index (χ2v) is 4.18. The highest BCUT2D eigenvalue weighted by Crippen LogP contribution is 2.29. The molecule has 76 valence electrons. The van der Waals surface area contributed by atoms with E-state index in [2.05, 4.69) is 11.8 Å². The summed E-state index contributed by atoms with van der Waals surface area (Å²) >= 11 is 0. The summed E-state index contributed by atoms with van der Waals surface area (Å²) in [6.07, 6.45) is 2.54. The fraction of sp³-hybridized carbons (Fsp3) is 0.500. The van der Waals surface area contributed by atoms with E-state index in [1.807, 2.05) is 18.2 Å². The van der Waals surface area contributed by atoms with Crippen LogP contribution in [0.5, 0.6) is 5.75 Å². The molecule has 1 aliphatic rings. The SMILES string of the molecule is CC1CCCN(c2ccccc2O)C1. The number of para-hydroxylation sites is 2. The molecule has 1 aliphatic heterocycles. The van der Waals surface area contributed by atoms with Crippen LogP contribution in [0.3, 0.4) is 0 Å². The van der Waals surface area contributed by atoms with Crippen LogP contribution in [0.2, 0.25) is 0 Å². The maximum absolute atomic E-state index is 9.71. The molecule has 2 heteroatoms. The first-order valence-corrected chi connectivity index (χ1v) is 5.30. The minimum Gasteiger partial charge on any atom is -0.506 e. The van der Waals surface area contributed by atoms with Crippen molar-refractivity contribution in [1.29, 1.82) is 0 Å². The van der Waals surface area contributed by atoms with Gasteiger partial charge in [0.2, 0.25) is 0 Å². The first-order valence-electron chi connectivity index (χ1n) is 5.30. The van der Waals surface area contributed by atoms with Crippen molar-refractivity contribution in [2.24, 2.45) is 5.92 Å². The molecule has 1 atom stereocenters. The molecule has 0 radical (unpaired) electrons. The van der Waals surface area contributed by atoms with E-state index in [1.54, 1.807) is 6.07 Å². The van der Waals surface area contributed by atoms with E-state index >= 15 is 0 Å². The molecule has 2 nitrogen and oxygen atoms in total. The molecule has 14 heavy (non-hydrogen) atoms. The van der Waals surface area contributed by atoms with Crippen molar-refractivity contribution in [1.82, 2.24) is 0 Å². The number of hydrogen-bond acceptors (Lipinski definition) is 2. The molecular weight excluding hydrogens is 174 g/mol. The molecule has 1 saturated heterocycles. The van der Waals surface area contributed by atoms with Gasteiger partial charge in [-0.2, -0.15) is 0 Å². The van der Waals surface area contributed by atoms with Gasteiger partial charge in [-0.05, 0) is 30.9 Å². The van der Waals surface area contributed by atoms with Crippen LogP contribution >= 0.6 is 0 Å². The largest absolute Gasteiger partial charge is 0.506 e. The van der Waals surface area contributed by atoms with Crippen molar-refractivity contribution in [2.45, 2.75) is 19.8 Å². The lowest BCUT2D eigenvalue weighted by Crippen LogP contribution is -2.34. The summed E-state index contributed by atoms with van der Waals surface area (Å²) < 4.78 is 0. The highest BCUT2D eigenvalue weighted by molar-refractivity contribution is 5.57. The Labute approximate surface area is 85.2 Å². The Hall–Kier alpha value is -1.18. The van der Waals surface area contributed by atoms with E-state index in [0.717, 1.165) is 24.7 Å². The summed E-state index contributed by atoms with van der Waals surface area (Å²) in [5, 5.41) is 9.71. The van der Waals surface area contributed by atoms with Gasteiger partial charge < -0.3 is 10.0 Å². The van der Waals surface area contributed by atoms with Gasteiger partial charge in [-0.25, -0.2) is 0 Å². The molecular formula is C12H17NO. The Balaban J connectivity index is 2.18. The van der Waals surface area contributed by atoms with Crippen LogP contribution in [0.25, 0.3) is 0 Å². The van der Waals surface area contributed by atoms with Crippen molar-refractivity contribution in [3.63, 3.8) is 0 Å². The summed E-state index contributed by atoms with van der Waals surface area (Å²) in [6, 6.07) is 7.60. The van der Waals surface area contributed by atoms with Crippen LogP contribution in [0.15, 0.2) is 24.3 Å². The molecule has 0 saturated carbocycles. The third-order valence-corrected chi connectivity index (χ3v) is 2.88. The highest BCUT2D eigenvalue weighted by Gasteiger charge is 2.18. The number of anilines is 1. The number of nitrogens with zero attached hydrogens (tertiary/aromatic N) is 1. The van der Waals surface area contributed by atoms with E-state index in [0.29, 0.717) is 5.75 Å². The predicted octanol–water partition coefficient (Wildman–Crippen LogP) is 2.63. The lowest BCUT2D eigenvalue weighted by molar-refractivity contribution is 0.433. The first-order chi connectivity index (χ1) is 6.77. The van der Waals surface area contributed by atoms with Crippen molar-refractivity contribution in [3.05, 3.63) is 24.3 Å². The Bertz CT molecular complexity index is 311. The molecule has 0 aliphatic carbocycles. The zero-order chi connectivity index (χ0) is 9.97. The number of phenols is 1. The smallest absolute Gasteiger partial charge is 0.138 e. The van der Waals surface area contributed by atoms with Crippen LogP contribution in [0.1, 0.15) is 19.8 Å². The number of benzene rings is 1. The Morgan fingerprint density at radius 2 is 2.14 bits per heavy atom. The van der Waals surface area contributed by atoms with Gasteiger partial charge in [0.1, 0.15) is 5.75 Å². The quantitative estimate of drug-likeness (QED) is 0.737. The summed E-state index contributed by atoms with van der Waals surface area (Å²) in [4.78, 5) is 2.28. The van der Waals surface area contributed by atoms with Gasteiger partial charge in [-0.3, -0.25) is 0 Å². The monoisotopic (exact) mass is 191 g/mol. The first kappa shape index (κ1) is 9.38. The van der Waals surface area contributed by atoms with Crippen LogP contribution in [0.4, 0.5) is 5.69 Å². The molecule has 1 fully saturated rings. The fourth-order valence-corrected chi connectivity index (χ4v) is 2.14. The van der Waals surface area contributed by atoms with Gasteiger partial charge in [0.25, 0.3) is 0 Å². The zero-order valence-electron chi connectivity index (χ0n) is 8.61. The maximum atomic E-state index is 9.71. The molecule has 2 rings (SSSR count). The van der Waals surface area contributed by atoms with Gasteiger partial charge in [0, 0.05) is 13.1 Å². The molecule has 0 spiro atoms. The summed E-state index contributed by atoms with van der Waals surface area (Å²) in [5.74, 6) is 1.14. The summed E-state index contributed by atoms with van der Waals surface area (Å²) in [6.45, 7) is 4.41. The fourth-order valence-electron chi connectivity index (χ4n) is 2.14. The average molecular weight is 191 g/mol. The van der Waals surface area contributed by atoms with E-state index in [1.165, 1.54) is 12.8 Å². The topological polar surface area (TPSA) is 23.5 Å². The maximum Gasteiger partial charge on any atom is 0.138 e. The van der Waals surface area contributed by atoms with Crippen molar-refractivity contribution in [2.75, 3.05) is 18.0 Å². The van der Waals surface area contributed by atoms with Crippen LogP contribution < -0.4 is 4.90 Å². The van der Waals surface area contributed by atoms with E-state index in [9.17, 15) is 5.11 Å². The van der Waals surface area contributed by atoms with Crippen LogP contribution in [-0.4, -0.2) is 18.2 Å². The zero-order valence-corrected chi connectivity index (χ0v) is 8.61. The average Bonchev–Trinajstić information content (AvgIpc) is 2.18. The summed E-state index contributed by atoms with van der Waals surface area (Å²) in [7, 11) is 0. The molecule has 0 amide bonds. The minimum absolute atomic E-state index is 0.404. The minimum atomic E-state index is 0.404. The number of rotatable bonds is 1. The predicted molar refractivity (Wildman–Crippen MR) is 58.7 cm³/mol. The normalized spacial score (nSPS) is 22.4. The molecule has 1 aromatic carbocycles. The standard InChI is InChI=1S/C12H17NO/c1-10-5-4-8-13(9-10)11-6-2-3-7-12(11)14/h2-3,6-7,10,14H,4-5,8-9H2,1H3. The second kappa shape index (κ2) is 3.91. The van der Waals surface area contributed by atoms with Gasteiger partial charge in [0.05, 0.1) is 5.69 Å². The lowest BCUT2D eigenvalue weighted by Gasteiger charge is -2.33. The molecule has 1 unspecified atom stereocenters. The lowest BCUT2D eigenvalue weighted by atomic mass is 10.00. The molecule has 1 aromatic rings. The van der Waals surface area contributed by atoms with Crippen LogP contribution in [-0.2, 0) is 0 Å². The van der Waals surface area contributed by atoms with Gasteiger partial charge in [0.15, 0.2) is 0 Å². The number of piperidine rings is 1. The van der Waals surface area contributed by atoms with Crippen molar-refractivity contribution >= 4 is 5.69 Å². The third-order valence-electron chi connectivity index (χ3n) is 2.88. The van der Waals surface area contributed by atoms with E-state index in [-0.39, 0.29) is 0 Å². The Kier molecular flexibility index (Phi) is 2.62. The van der Waals surface area contributed by atoms with Gasteiger partial charge >= 0.3 is 0 Å². The van der Waals surface area contributed by atoms with Crippen LogP contribution in [0, 0.1) is 5.92 Å². The Morgan fingerprint density at radius 1 is 1.36 bits per heavy atom.